The Kier molecular flexibility index (Phi) is 4.42. The summed E-state index contributed by atoms with van der Waals surface area (Å²) >= 11 is 0. The first-order valence-corrected chi connectivity index (χ1v) is 7.00. The maximum Gasteiger partial charge on any atom is 0.305 e. The van der Waals surface area contributed by atoms with E-state index in [1.54, 1.807) is 24.2 Å². The van der Waals surface area contributed by atoms with Gasteiger partial charge in [-0.15, -0.1) is 0 Å². The van der Waals surface area contributed by atoms with Crippen LogP contribution in [0, 0.1) is 0 Å². The molecule has 1 aromatic rings. The van der Waals surface area contributed by atoms with E-state index in [0.29, 0.717) is 0 Å². The van der Waals surface area contributed by atoms with Gasteiger partial charge >= 0.3 is 5.97 Å². The predicted molar refractivity (Wildman–Crippen MR) is 73.1 cm³/mol. The molecule has 0 spiro atoms. The molecule has 2 rings (SSSR count). The molecule has 110 valence electrons. The van der Waals surface area contributed by atoms with E-state index in [-0.39, 0.29) is 18.7 Å². The van der Waals surface area contributed by atoms with E-state index in [0.717, 1.165) is 37.8 Å². The number of amides is 1. The molecular weight excluding hydrogens is 258 g/mol. The Bertz CT molecular complexity index is 464. The van der Waals surface area contributed by atoms with Crippen molar-refractivity contribution < 1.29 is 14.7 Å². The van der Waals surface area contributed by atoms with E-state index < -0.39 is 11.5 Å². The van der Waals surface area contributed by atoms with Crippen molar-refractivity contribution in [2.75, 3.05) is 7.05 Å². The highest BCUT2D eigenvalue weighted by Crippen LogP contribution is 2.36. The highest BCUT2D eigenvalue weighted by Gasteiger charge is 2.40. The number of aromatic amines is 1. The van der Waals surface area contributed by atoms with Crippen molar-refractivity contribution in [3.05, 3.63) is 18.0 Å². The summed E-state index contributed by atoms with van der Waals surface area (Å²) in [6, 6.07) is 1.76. The fourth-order valence-corrected chi connectivity index (χ4v) is 3.05. The van der Waals surface area contributed by atoms with Crippen molar-refractivity contribution in [1.29, 1.82) is 0 Å². The maximum atomic E-state index is 12.4. The number of hydrogen-bond donors (Lipinski definition) is 2. The predicted octanol–water partition coefficient (Wildman–Crippen LogP) is 1.59. The molecule has 0 aromatic carbocycles. The summed E-state index contributed by atoms with van der Waals surface area (Å²) in [7, 11) is 1.73. The summed E-state index contributed by atoms with van der Waals surface area (Å²) in [6.45, 7) is 0. The molecule has 20 heavy (non-hydrogen) atoms. The minimum absolute atomic E-state index is 0.0260. The lowest BCUT2D eigenvalue weighted by molar-refractivity contribution is -0.145. The molecule has 0 saturated heterocycles. The molecule has 1 amide bonds. The van der Waals surface area contributed by atoms with Crippen LogP contribution < -0.4 is 0 Å². The Labute approximate surface area is 118 Å². The van der Waals surface area contributed by atoms with Gasteiger partial charge in [-0.1, -0.05) is 19.3 Å². The fraction of sp³-hybridized carbons (Fsp3) is 0.643. The highest BCUT2D eigenvalue weighted by atomic mass is 16.4. The van der Waals surface area contributed by atoms with Crippen LogP contribution in [-0.2, 0) is 16.0 Å². The van der Waals surface area contributed by atoms with Crippen molar-refractivity contribution in [2.45, 2.75) is 50.5 Å². The summed E-state index contributed by atoms with van der Waals surface area (Å²) in [5, 5.41) is 15.8. The standard InChI is InChI=1S/C14H21N3O3/c1-17(12(18)9-11-5-8-15-16-11)14(10-13(19)20)6-3-2-4-7-14/h5,8H,2-4,6-7,9-10H2,1H3,(H,15,16)(H,19,20). The molecule has 0 aliphatic heterocycles. The largest absolute Gasteiger partial charge is 0.481 e. The third-order valence-corrected chi connectivity index (χ3v) is 4.25. The van der Waals surface area contributed by atoms with E-state index in [1.165, 1.54) is 0 Å². The zero-order valence-corrected chi connectivity index (χ0v) is 11.8. The SMILES string of the molecule is CN(C(=O)Cc1ccn[nH]1)C1(CC(=O)O)CCCCC1. The van der Waals surface area contributed by atoms with Crippen molar-refractivity contribution in [3.63, 3.8) is 0 Å². The highest BCUT2D eigenvalue weighted by molar-refractivity contribution is 5.80. The van der Waals surface area contributed by atoms with Crippen LogP contribution in [-0.4, -0.2) is 44.7 Å². The van der Waals surface area contributed by atoms with Gasteiger partial charge in [-0.2, -0.15) is 5.10 Å². The van der Waals surface area contributed by atoms with Crippen LogP contribution in [0.3, 0.4) is 0 Å². The second-order valence-corrected chi connectivity index (χ2v) is 5.57. The van der Waals surface area contributed by atoms with Gasteiger partial charge in [-0.25, -0.2) is 0 Å². The smallest absolute Gasteiger partial charge is 0.305 e. The Morgan fingerprint density at radius 3 is 2.65 bits per heavy atom. The van der Waals surface area contributed by atoms with Crippen LogP contribution in [0.25, 0.3) is 0 Å². The number of likely N-dealkylation sites (N-methyl/N-ethyl adjacent to an activating group) is 1. The first-order valence-electron chi connectivity index (χ1n) is 7.00. The molecule has 1 saturated carbocycles. The number of carbonyl (C=O) groups excluding carboxylic acids is 1. The summed E-state index contributed by atoms with van der Waals surface area (Å²) in [5.74, 6) is -0.898. The molecule has 1 aromatic heterocycles. The number of carboxylic acids is 1. The normalized spacial score (nSPS) is 17.6. The number of H-pyrrole nitrogens is 1. The lowest BCUT2D eigenvalue weighted by atomic mass is 9.78. The third kappa shape index (κ3) is 3.18. The molecule has 0 unspecified atom stereocenters. The number of nitrogens with zero attached hydrogens (tertiary/aromatic N) is 2. The number of hydrogen-bond acceptors (Lipinski definition) is 3. The first-order chi connectivity index (χ1) is 9.53. The van der Waals surface area contributed by atoms with Crippen LogP contribution in [0.15, 0.2) is 12.3 Å². The van der Waals surface area contributed by atoms with Gasteiger partial charge < -0.3 is 10.0 Å². The minimum atomic E-state index is -0.840. The van der Waals surface area contributed by atoms with Crippen LogP contribution in [0.2, 0.25) is 0 Å². The molecule has 1 heterocycles. The number of carbonyl (C=O) groups is 2. The summed E-state index contributed by atoms with van der Waals surface area (Å²) in [5.41, 5.74) is 0.226. The Morgan fingerprint density at radius 2 is 2.10 bits per heavy atom. The lowest BCUT2D eigenvalue weighted by Crippen LogP contribution is -2.52. The zero-order valence-electron chi connectivity index (χ0n) is 11.8. The number of aromatic nitrogens is 2. The van der Waals surface area contributed by atoms with Crippen LogP contribution in [0.4, 0.5) is 0 Å². The van der Waals surface area contributed by atoms with Gasteiger partial charge in [0.05, 0.1) is 18.4 Å². The van der Waals surface area contributed by atoms with Gasteiger partial charge in [0.15, 0.2) is 0 Å². The second-order valence-electron chi connectivity index (χ2n) is 5.57. The van der Waals surface area contributed by atoms with E-state index in [1.807, 2.05) is 0 Å². The molecule has 0 radical (unpaired) electrons. The van der Waals surface area contributed by atoms with Gasteiger partial charge in [0.2, 0.25) is 5.91 Å². The Balaban J connectivity index is 2.10. The number of rotatable bonds is 5. The van der Waals surface area contributed by atoms with Gasteiger partial charge in [0.1, 0.15) is 0 Å². The summed E-state index contributed by atoms with van der Waals surface area (Å²) in [4.78, 5) is 25.2. The molecule has 1 aliphatic rings. The van der Waals surface area contributed by atoms with Crippen LogP contribution in [0.5, 0.6) is 0 Å². The van der Waals surface area contributed by atoms with E-state index in [9.17, 15) is 9.59 Å². The molecule has 6 nitrogen and oxygen atoms in total. The molecule has 1 aliphatic carbocycles. The number of nitrogens with one attached hydrogen (secondary N) is 1. The average Bonchev–Trinajstić information content (AvgIpc) is 2.91. The number of aliphatic carboxylic acids is 1. The van der Waals surface area contributed by atoms with Gasteiger partial charge in [-0.3, -0.25) is 14.7 Å². The average molecular weight is 279 g/mol. The first kappa shape index (κ1) is 14.6. The van der Waals surface area contributed by atoms with Crippen molar-refractivity contribution in [1.82, 2.24) is 15.1 Å². The van der Waals surface area contributed by atoms with E-state index >= 15 is 0 Å². The third-order valence-electron chi connectivity index (χ3n) is 4.25. The summed E-state index contributed by atoms with van der Waals surface area (Å²) < 4.78 is 0. The van der Waals surface area contributed by atoms with Gasteiger partial charge in [0, 0.05) is 18.9 Å². The maximum absolute atomic E-state index is 12.4. The fourth-order valence-electron chi connectivity index (χ4n) is 3.05. The lowest BCUT2D eigenvalue weighted by Gasteiger charge is -2.44. The molecule has 2 N–H and O–H groups in total. The monoisotopic (exact) mass is 279 g/mol. The minimum Gasteiger partial charge on any atom is -0.481 e. The number of carboxylic acid groups (broad SMARTS) is 1. The Morgan fingerprint density at radius 1 is 1.40 bits per heavy atom. The molecule has 0 atom stereocenters. The van der Waals surface area contributed by atoms with Crippen molar-refractivity contribution >= 4 is 11.9 Å². The second kappa shape index (κ2) is 6.07. The summed E-state index contributed by atoms with van der Waals surface area (Å²) in [6.07, 6.45) is 6.48. The Hall–Kier alpha value is -1.85. The molecule has 0 bridgehead atoms. The van der Waals surface area contributed by atoms with Crippen LogP contribution >= 0.6 is 0 Å². The molecule has 1 fully saturated rings. The van der Waals surface area contributed by atoms with Crippen LogP contribution in [0.1, 0.15) is 44.2 Å². The van der Waals surface area contributed by atoms with Crippen molar-refractivity contribution in [2.24, 2.45) is 0 Å². The zero-order chi connectivity index (χ0) is 14.6. The topological polar surface area (TPSA) is 86.3 Å². The van der Waals surface area contributed by atoms with E-state index in [4.69, 9.17) is 5.11 Å². The van der Waals surface area contributed by atoms with Crippen molar-refractivity contribution in [3.8, 4) is 0 Å². The quantitative estimate of drug-likeness (QED) is 0.857. The molecule has 6 heteroatoms. The van der Waals surface area contributed by atoms with Gasteiger partial charge in [-0.05, 0) is 18.9 Å². The molecular formula is C14H21N3O3. The van der Waals surface area contributed by atoms with Gasteiger partial charge in [0.25, 0.3) is 0 Å². The van der Waals surface area contributed by atoms with E-state index in [2.05, 4.69) is 10.2 Å².